The molecule has 0 radical (unpaired) electrons. The lowest BCUT2D eigenvalue weighted by Gasteiger charge is -1.95. The summed E-state index contributed by atoms with van der Waals surface area (Å²) in [6.45, 7) is 0. The van der Waals surface area contributed by atoms with Gasteiger partial charge in [0.15, 0.2) is 22.7 Å². The fourth-order valence-corrected chi connectivity index (χ4v) is 2.32. The lowest BCUT2D eigenvalue weighted by molar-refractivity contribution is -0.143. The van der Waals surface area contributed by atoms with Crippen molar-refractivity contribution < 1.29 is 29.4 Å². The van der Waals surface area contributed by atoms with Gasteiger partial charge in [0.2, 0.25) is 0 Å². The molecule has 0 aliphatic heterocycles. The lowest BCUT2D eigenvalue weighted by atomic mass is 10.3. The first-order valence-corrected chi connectivity index (χ1v) is 9.42. The van der Waals surface area contributed by atoms with Crippen LogP contribution >= 0.6 is 0 Å². The van der Waals surface area contributed by atoms with E-state index in [0.29, 0.717) is 0 Å². The topological polar surface area (TPSA) is 291 Å². The van der Waals surface area contributed by atoms with Crippen molar-refractivity contribution in [2.45, 2.75) is 12.8 Å². The molecule has 4 rings (SSSR count). The van der Waals surface area contributed by atoms with Crippen LogP contribution < -0.4 is 22.8 Å². The monoisotopic (exact) mass is 506 g/mol. The molecule has 0 unspecified atom stereocenters. The number of amides is 2. The van der Waals surface area contributed by atoms with E-state index >= 15 is 0 Å². The molecule has 0 aliphatic carbocycles. The van der Waals surface area contributed by atoms with Crippen LogP contribution in [0.15, 0.2) is 22.2 Å². The number of carbonyl (C=O) groups is 4. The highest BCUT2D eigenvalue weighted by atomic mass is 16.4. The third kappa shape index (κ3) is 6.06. The van der Waals surface area contributed by atoms with Crippen molar-refractivity contribution >= 4 is 35.0 Å². The zero-order valence-electron chi connectivity index (χ0n) is 18.5. The molecular weight excluding hydrogens is 488 g/mol. The number of primary amides is 2. The summed E-state index contributed by atoms with van der Waals surface area (Å²) in [7, 11) is 2.89. The van der Waals surface area contributed by atoms with E-state index in [1.54, 1.807) is 0 Å². The van der Waals surface area contributed by atoms with E-state index in [4.69, 9.17) is 21.7 Å². The molecule has 190 valence electrons. The van der Waals surface area contributed by atoms with Crippen LogP contribution in [-0.4, -0.2) is 82.7 Å². The van der Waals surface area contributed by atoms with Gasteiger partial charge in [0.25, 0.3) is 11.8 Å². The quantitative estimate of drug-likeness (QED) is 0.199. The number of aromatic nitrogens is 10. The molecule has 0 saturated heterocycles. The van der Waals surface area contributed by atoms with Crippen molar-refractivity contribution in [3.05, 3.63) is 45.0 Å². The Morgan fingerprint density at radius 3 is 1.36 bits per heavy atom. The predicted octanol–water partition coefficient (Wildman–Crippen LogP) is -4.22. The first kappa shape index (κ1) is 26.7. The summed E-state index contributed by atoms with van der Waals surface area (Å²) in [6, 6.07) is 0. The van der Waals surface area contributed by atoms with Gasteiger partial charge in [-0.05, 0) is 0 Å². The van der Waals surface area contributed by atoms with Gasteiger partial charge < -0.3 is 21.7 Å². The highest BCUT2D eigenvalue weighted by Gasteiger charge is 2.14. The molecule has 0 aromatic carbocycles. The molecule has 4 aromatic rings. The number of hydrogen-bond donors (Lipinski definition) is 4. The summed E-state index contributed by atoms with van der Waals surface area (Å²) in [5.74, 6) is -3.63. The molecule has 20 nitrogen and oxygen atoms in total. The van der Waals surface area contributed by atoms with Crippen LogP contribution in [0.2, 0.25) is 0 Å². The minimum Gasteiger partial charge on any atom is -0.481 e. The van der Waals surface area contributed by atoms with E-state index < -0.39 is 35.1 Å². The van der Waals surface area contributed by atoms with E-state index in [0.717, 1.165) is 18.2 Å². The van der Waals surface area contributed by atoms with E-state index in [-0.39, 0.29) is 35.5 Å². The van der Waals surface area contributed by atoms with Gasteiger partial charge in [-0.15, -0.1) is 10.2 Å². The number of hydrogen-bond acceptors (Lipinski definition) is 12. The highest BCUT2D eigenvalue weighted by molar-refractivity contribution is 5.97. The van der Waals surface area contributed by atoms with Crippen molar-refractivity contribution in [2.24, 2.45) is 25.6 Å². The highest BCUT2D eigenvalue weighted by Crippen LogP contribution is 2.01. The molecule has 0 fully saturated rings. The molecular formula is C16H18N12O8. The number of carboxylic acids is 2. The smallest absolute Gasteiger partial charge is 0.352 e. The second-order valence-corrected chi connectivity index (χ2v) is 6.58. The number of aryl methyl sites for hydroxylation is 2. The Labute approximate surface area is 197 Å². The Kier molecular flexibility index (Phi) is 8.19. The van der Waals surface area contributed by atoms with E-state index in [9.17, 15) is 28.8 Å². The number of aliphatic carboxylic acids is 2. The molecule has 20 heteroatoms. The Morgan fingerprint density at radius 2 is 1.08 bits per heavy atom. The average Bonchev–Trinajstić information content (AvgIpc) is 3.43. The number of fused-ring (bicyclic) bond motifs is 2. The molecule has 0 aliphatic rings. The van der Waals surface area contributed by atoms with Crippen molar-refractivity contribution in [2.75, 3.05) is 0 Å². The van der Waals surface area contributed by atoms with Crippen molar-refractivity contribution in [3.63, 3.8) is 0 Å². The molecule has 4 aromatic heterocycles. The predicted molar refractivity (Wildman–Crippen MR) is 114 cm³/mol. The van der Waals surface area contributed by atoms with Gasteiger partial charge in [0, 0.05) is 14.1 Å². The fourth-order valence-electron chi connectivity index (χ4n) is 2.32. The Balaban J connectivity index is 0.000000199. The fraction of sp³-hybridized carbons (Fsp3) is 0.250. The third-order valence-electron chi connectivity index (χ3n) is 4.02. The Hall–Kier alpha value is -5.56. The molecule has 2 amide bonds. The number of rotatable bonds is 5. The molecule has 6 N–H and O–H groups in total. The normalized spacial score (nSPS) is 10.2. The molecule has 0 atom stereocenters. The van der Waals surface area contributed by atoms with Gasteiger partial charge in [-0.1, -0.05) is 10.4 Å². The zero-order chi connectivity index (χ0) is 27.2. The van der Waals surface area contributed by atoms with Gasteiger partial charge in [-0.25, -0.2) is 28.4 Å². The number of carbonyl (C=O) groups excluding carboxylic acids is 2. The van der Waals surface area contributed by atoms with Crippen molar-refractivity contribution in [1.29, 1.82) is 0 Å². The van der Waals surface area contributed by atoms with Gasteiger partial charge in [0.1, 0.15) is 12.7 Å². The van der Waals surface area contributed by atoms with Crippen LogP contribution in [0.25, 0.3) is 11.3 Å². The molecule has 0 spiro atoms. The number of imidazole rings is 2. The minimum absolute atomic E-state index is 0.0600. The van der Waals surface area contributed by atoms with Crippen molar-refractivity contribution in [1.82, 2.24) is 48.8 Å². The second kappa shape index (κ2) is 11.0. The summed E-state index contributed by atoms with van der Waals surface area (Å²) in [6.07, 6.45) is 1.78. The molecule has 0 saturated carbocycles. The Bertz CT molecular complexity index is 1460. The standard InChI is InChI=1S/2C6H6N6O2.C4H6O4/c2*1-11-6(14)12-2-8-3(4(7)13)5(12)9-10-11;5-3(6)1-2-4(7)8/h2*2H,1H3,(H2,7,13);1-2H2,(H,5,6)(H,7,8). The van der Waals surface area contributed by atoms with Crippen LogP contribution in [0.5, 0.6) is 0 Å². The first-order chi connectivity index (χ1) is 16.8. The summed E-state index contributed by atoms with van der Waals surface area (Å²) in [4.78, 5) is 71.1. The summed E-state index contributed by atoms with van der Waals surface area (Å²) in [5.41, 5.74) is 9.19. The first-order valence-electron chi connectivity index (χ1n) is 9.42. The van der Waals surface area contributed by atoms with Crippen LogP contribution in [-0.2, 0) is 23.7 Å². The number of carboxylic acid groups (broad SMARTS) is 2. The van der Waals surface area contributed by atoms with E-state index in [1.165, 1.54) is 26.7 Å². The number of nitrogens with two attached hydrogens (primary N) is 2. The number of nitrogens with zero attached hydrogens (tertiary/aromatic N) is 10. The van der Waals surface area contributed by atoms with Crippen LogP contribution in [0.1, 0.15) is 33.8 Å². The second-order valence-electron chi connectivity index (χ2n) is 6.58. The molecule has 0 bridgehead atoms. The van der Waals surface area contributed by atoms with Crippen molar-refractivity contribution in [3.8, 4) is 0 Å². The zero-order valence-corrected chi connectivity index (χ0v) is 18.5. The summed E-state index contributed by atoms with van der Waals surface area (Å²) >= 11 is 0. The minimum atomic E-state index is -1.08. The van der Waals surface area contributed by atoms with Gasteiger partial charge in [-0.2, -0.15) is 9.36 Å². The average molecular weight is 506 g/mol. The van der Waals surface area contributed by atoms with Gasteiger partial charge in [0.05, 0.1) is 12.8 Å². The van der Waals surface area contributed by atoms with Crippen LogP contribution in [0, 0.1) is 0 Å². The van der Waals surface area contributed by atoms with Gasteiger partial charge in [-0.3, -0.25) is 19.2 Å². The molecule has 36 heavy (non-hydrogen) atoms. The Morgan fingerprint density at radius 1 is 0.750 bits per heavy atom. The van der Waals surface area contributed by atoms with E-state index in [1.807, 2.05) is 0 Å². The third-order valence-corrected chi connectivity index (χ3v) is 4.02. The van der Waals surface area contributed by atoms with E-state index in [2.05, 4.69) is 30.6 Å². The largest absolute Gasteiger partial charge is 0.481 e. The van der Waals surface area contributed by atoms with Crippen LogP contribution in [0.3, 0.4) is 0 Å². The summed E-state index contributed by atoms with van der Waals surface area (Å²) < 4.78 is 4.26. The SMILES string of the molecule is Cn1nnc2c(C(N)=O)ncn2c1=O.Cn1nnc2c(C(N)=O)ncn2c1=O.O=C(O)CCC(=O)O. The summed E-state index contributed by atoms with van der Waals surface area (Å²) in [5, 5.41) is 30.1. The van der Waals surface area contributed by atoms with Crippen LogP contribution in [0.4, 0.5) is 0 Å². The maximum Gasteiger partial charge on any atom is 0.352 e. The maximum absolute atomic E-state index is 11.4. The molecule has 4 heterocycles. The van der Waals surface area contributed by atoms with Gasteiger partial charge >= 0.3 is 23.3 Å². The maximum atomic E-state index is 11.4. The lowest BCUT2D eigenvalue weighted by Crippen LogP contribution is -2.27.